The molecule has 4 rings (SSSR count). The van der Waals surface area contributed by atoms with E-state index in [9.17, 15) is 4.79 Å². The molecule has 0 N–H and O–H groups in total. The van der Waals surface area contributed by atoms with Gasteiger partial charge in [0.2, 0.25) is 0 Å². The fourth-order valence-corrected chi connectivity index (χ4v) is 3.68. The van der Waals surface area contributed by atoms with Crippen molar-refractivity contribution in [1.29, 1.82) is 0 Å². The van der Waals surface area contributed by atoms with Gasteiger partial charge in [-0.05, 0) is 54.3 Å². The van der Waals surface area contributed by atoms with Crippen molar-refractivity contribution in [1.82, 2.24) is 4.90 Å². The van der Waals surface area contributed by atoms with Crippen LogP contribution in [0.25, 0.3) is 11.0 Å². The maximum atomic E-state index is 12.2. The van der Waals surface area contributed by atoms with Gasteiger partial charge in [-0.1, -0.05) is 36.4 Å². The molecule has 4 aromatic rings. The fourth-order valence-electron chi connectivity index (χ4n) is 3.68. The van der Waals surface area contributed by atoms with Gasteiger partial charge in [-0.3, -0.25) is 4.90 Å². The summed E-state index contributed by atoms with van der Waals surface area (Å²) >= 11 is 0. The molecule has 0 aliphatic rings. The second kappa shape index (κ2) is 7.87. The summed E-state index contributed by atoms with van der Waals surface area (Å²) in [7, 11) is 0. The Kier molecular flexibility index (Phi) is 5.13. The summed E-state index contributed by atoms with van der Waals surface area (Å²) in [5.41, 5.74) is 4.68. The van der Waals surface area contributed by atoms with Crippen molar-refractivity contribution in [3.63, 3.8) is 0 Å². The summed E-state index contributed by atoms with van der Waals surface area (Å²) in [6, 6.07) is 19.9. The van der Waals surface area contributed by atoms with Gasteiger partial charge in [0.05, 0.1) is 12.8 Å². The maximum absolute atomic E-state index is 12.2. The Morgan fingerprint density at radius 1 is 0.893 bits per heavy atom. The van der Waals surface area contributed by atoms with Crippen molar-refractivity contribution in [3.05, 3.63) is 105 Å². The largest absolute Gasteiger partial charge is 0.468 e. The number of aryl methyl sites for hydroxylation is 2. The van der Waals surface area contributed by atoms with Gasteiger partial charge in [-0.2, -0.15) is 0 Å². The first-order chi connectivity index (χ1) is 13.6. The minimum absolute atomic E-state index is 0.313. The lowest BCUT2D eigenvalue weighted by atomic mass is 10.0. The predicted octanol–water partition coefficient (Wildman–Crippen LogP) is 5.21. The molecule has 2 heterocycles. The summed E-state index contributed by atoms with van der Waals surface area (Å²) in [6.45, 7) is 6.08. The van der Waals surface area contributed by atoms with Crippen molar-refractivity contribution in [2.75, 3.05) is 0 Å². The van der Waals surface area contributed by atoms with Crippen LogP contribution in [-0.4, -0.2) is 4.90 Å². The first-order valence-electron chi connectivity index (χ1n) is 9.41. The molecule has 0 aliphatic heterocycles. The third-order valence-electron chi connectivity index (χ3n) is 4.86. The van der Waals surface area contributed by atoms with Crippen molar-refractivity contribution < 1.29 is 8.83 Å². The smallest absolute Gasteiger partial charge is 0.336 e. The van der Waals surface area contributed by atoms with Gasteiger partial charge >= 0.3 is 5.63 Å². The van der Waals surface area contributed by atoms with Crippen LogP contribution in [0.2, 0.25) is 0 Å². The predicted molar refractivity (Wildman–Crippen MR) is 110 cm³/mol. The van der Waals surface area contributed by atoms with E-state index in [2.05, 4.69) is 30.0 Å². The van der Waals surface area contributed by atoms with Crippen LogP contribution >= 0.6 is 0 Å². The number of fused-ring (bicyclic) bond motifs is 1. The molecule has 0 spiro atoms. The Balaban J connectivity index is 1.72. The van der Waals surface area contributed by atoms with Crippen LogP contribution in [0.4, 0.5) is 0 Å². The molecule has 0 aliphatic carbocycles. The Bertz CT molecular complexity index is 1130. The van der Waals surface area contributed by atoms with E-state index in [1.54, 1.807) is 12.3 Å². The molecular weight excluding hydrogens is 350 g/mol. The van der Waals surface area contributed by atoms with E-state index in [0.29, 0.717) is 18.7 Å². The van der Waals surface area contributed by atoms with E-state index in [1.807, 2.05) is 43.3 Å². The molecule has 0 bridgehead atoms. The SMILES string of the molecule is Cc1cc(C)c2oc(=O)cc(CN(Cc3ccccc3)Cc3ccco3)c2c1. The van der Waals surface area contributed by atoms with E-state index < -0.39 is 0 Å². The maximum Gasteiger partial charge on any atom is 0.336 e. The zero-order valence-electron chi connectivity index (χ0n) is 16.1. The molecule has 0 amide bonds. The average Bonchev–Trinajstić information content (AvgIpc) is 3.16. The molecule has 0 radical (unpaired) electrons. The highest BCUT2D eigenvalue weighted by molar-refractivity contribution is 5.83. The molecule has 0 saturated heterocycles. The van der Waals surface area contributed by atoms with Crippen LogP contribution in [0.3, 0.4) is 0 Å². The van der Waals surface area contributed by atoms with Crippen LogP contribution in [0, 0.1) is 13.8 Å². The number of hydrogen-bond donors (Lipinski definition) is 0. The Labute approximate surface area is 164 Å². The van der Waals surface area contributed by atoms with Crippen LogP contribution in [0.1, 0.15) is 28.0 Å². The molecule has 0 atom stereocenters. The lowest BCUT2D eigenvalue weighted by molar-refractivity contribution is 0.227. The third-order valence-corrected chi connectivity index (χ3v) is 4.86. The minimum Gasteiger partial charge on any atom is -0.468 e. The van der Waals surface area contributed by atoms with Crippen molar-refractivity contribution in [2.24, 2.45) is 0 Å². The first kappa shape index (κ1) is 18.3. The number of hydrogen-bond acceptors (Lipinski definition) is 4. The van der Waals surface area contributed by atoms with Gasteiger partial charge < -0.3 is 8.83 Å². The van der Waals surface area contributed by atoms with E-state index >= 15 is 0 Å². The zero-order valence-corrected chi connectivity index (χ0v) is 16.1. The van der Waals surface area contributed by atoms with Gasteiger partial charge in [0.25, 0.3) is 0 Å². The third kappa shape index (κ3) is 4.07. The Morgan fingerprint density at radius 3 is 2.46 bits per heavy atom. The van der Waals surface area contributed by atoms with E-state index in [4.69, 9.17) is 8.83 Å². The van der Waals surface area contributed by atoms with Crippen LogP contribution in [-0.2, 0) is 19.6 Å². The summed E-state index contributed by atoms with van der Waals surface area (Å²) in [4.78, 5) is 14.5. The van der Waals surface area contributed by atoms with Crippen molar-refractivity contribution in [2.45, 2.75) is 33.5 Å². The lowest BCUT2D eigenvalue weighted by Crippen LogP contribution is -2.23. The molecule has 4 heteroatoms. The molecule has 0 saturated carbocycles. The molecular formula is C24H23NO3. The lowest BCUT2D eigenvalue weighted by Gasteiger charge is -2.22. The average molecular weight is 373 g/mol. The van der Waals surface area contributed by atoms with E-state index in [1.165, 1.54) is 5.56 Å². The van der Waals surface area contributed by atoms with Crippen LogP contribution in [0.5, 0.6) is 0 Å². The van der Waals surface area contributed by atoms with Gasteiger partial charge in [0.15, 0.2) is 0 Å². The molecule has 0 unspecified atom stereocenters. The molecule has 0 fully saturated rings. The van der Waals surface area contributed by atoms with Crippen molar-refractivity contribution >= 4 is 11.0 Å². The summed E-state index contributed by atoms with van der Waals surface area (Å²) in [5.74, 6) is 0.899. The Hall–Kier alpha value is -3.11. The molecule has 2 aromatic heterocycles. The normalized spacial score (nSPS) is 11.4. The van der Waals surface area contributed by atoms with Crippen LogP contribution < -0.4 is 5.63 Å². The van der Waals surface area contributed by atoms with Crippen LogP contribution in [0.15, 0.2) is 80.6 Å². The summed E-state index contributed by atoms with van der Waals surface area (Å²) in [6.07, 6.45) is 1.69. The molecule has 2 aromatic carbocycles. The molecule has 28 heavy (non-hydrogen) atoms. The molecule has 142 valence electrons. The number of benzene rings is 2. The first-order valence-corrected chi connectivity index (χ1v) is 9.41. The quantitative estimate of drug-likeness (QED) is 0.436. The van der Waals surface area contributed by atoms with Gasteiger partial charge in [0, 0.05) is 24.5 Å². The van der Waals surface area contributed by atoms with Crippen molar-refractivity contribution in [3.8, 4) is 0 Å². The van der Waals surface area contributed by atoms with Gasteiger partial charge in [-0.25, -0.2) is 4.79 Å². The molecule has 4 nitrogen and oxygen atoms in total. The second-order valence-electron chi connectivity index (χ2n) is 7.26. The number of nitrogens with zero attached hydrogens (tertiary/aromatic N) is 1. The van der Waals surface area contributed by atoms with E-state index in [0.717, 1.165) is 34.4 Å². The topological polar surface area (TPSA) is 46.6 Å². The van der Waals surface area contributed by atoms with Gasteiger partial charge in [0.1, 0.15) is 11.3 Å². The summed E-state index contributed by atoms with van der Waals surface area (Å²) < 4.78 is 11.1. The minimum atomic E-state index is -0.313. The highest BCUT2D eigenvalue weighted by atomic mass is 16.4. The number of furan rings is 1. The van der Waals surface area contributed by atoms with E-state index in [-0.39, 0.29) is 5.63 Å². The fraction of sp³-hybridized carbons (Fsp3) is 0.208. The Morgan fingerprint density at radius 2 is 1.71 bits per heavy atom. The van der Waals surface area contributed by atoms with Gasteiger partial charge in [-0.15, -0.1) is 0 Å². The standard InChI is InChI=1S/C24H23NO3/c1-17-11-18(2)24-22(12-17)20(13-23(26)28-24)15-25(16-21-9-6-10-27-21)14-19-7-4-3-5-8-19/h3-13H,14-16H2,1-2H3. The summed E-state index contributed by atoms with van der Waals surface area (Å²) in [5, 5.41) is 0.995. The highest BCUT2D eigenvalue weighted by Gasteiger charge is 2.15. The number of rotatable bonds is 6. The second-order valence-corrected chi connectivity index (χ2v) is 7.26. The monoisotopic (exact) mass is 373 g/mol. The zero-order chi connectivity index (χ0) is 19.5. The highest BCUT2D eigenvalue weighted by Crippen LogP contribution is 2.24.